The van der Waals surface area contributed by atoms with Gasteiger partial charge in [-0.2, -0.15) is 26.3 Å². The van der Waals surface area contributed by atoms with Crippen molar-refractivity contribution >= 4 is 5.97 Å². The normalized spacial score (nSPS) is 12.2. The van der Waals surface area contributed by atoms with Crippen molar-refractivity contribution in [1.29, 1.82) is 0 Å². The largest absolute Gasteiger partial charge is 0.490 e. The highest BCUT2D eigenvalue weighted by Gasteiger charge is 2.41. The first-order chi connectivity index (χ1) is 14.7. The van der Waals surface area contributed by atoms with Crippen LogP contribution in [0.2, 0.25) is 0 Å². The Morgan fingerprint density at radius 3 is 1.56 bits per heavy atom. The average Bonchev–Trinajstić information content (AvgIpc) is 2.70. The third-order valence-corrected chi connectivity index (χ3v) is 3.82. The molecule has 0 radical (unpaired) electrons. The summed E-state index contributed by atoms with van der Waals surface area (Å²) in [5, 5.41) is 0. The van der Waals surface area contributed by atoms with Gasteiger partial charge in [0, 0.05) is 0 Å². The maximum Gasteiger partial charge on any atom is 0.490 e. The highest BCUT2D eigenvalue weighted by atomic mass is 19.4. The molecule has 0 bridgehead atoms. The molecule has 0 heterocycles. The number of rotatable bonds is 7. The summed E-state index contributed by atoms with van der Waals surface area (Å²) in [4.78, 5) is 19.5. The Morgan fingerprint density at radius 1 is 0.688 bits per heavy atom. The van der Waals surface area contributed by atoms with E-state index in [1.54, 1.807) is 0 Å². The minimum Gasteiger partial charge on any atom is -0.454 e. The molecule has 2 aromatic carbocycles. The summed E-state index contributed by atoms with van der Waals surface area (Å²) in [5.74, 6) is -11.2. The Bertz CT molecular complexity index is 939. The molecule has 0 aromatic heterocycles. The molecule has 0 unspecified atom stereocenters. The molecule has 14 heteroatoms. The van der Waals surface area contributed by atoms with Crippen LogP contribution in [0.25, 0.3) is 0 Å². The van der Waals surface area contributed by atoms with Crippen LogP contribution < -0.4 is 0 Å². The van der Waals surface area contributed by atoms with Crippen molar-refractivity contribution in [2.24, 2.45) is 0 Å². The third kappa shape index (κ3) is 6.09. The van der Waals surface area contributed by atoms with Gasteiger partial charge in [0.05, 0.1) is 16.7 Å². The molecule has 0 aliphatic rings. The molecule has 0 aliphatic carbocycles. The highest BCUT2D eigenvalue weighted by Crippen LogP contribution is 2.29. The van der Waals surface area contributed by atoms with Crippen molar-refractivity contribution in [3.8, 4) is 0 Å². The van der Waals surface area contributed by atoms with Gasteiger partial charge in [-0.25, -0.2) is 32.1 Å². The Hall–Kier alpha value is -2.87. The lowest BCUT2D eigenvalue weighted by atomic mass is 10.1. The Labute approximate surface area is 172 Å². The Morgan fingerprint density at radius 2 is 1.12 bits per heavy atom. The van der Waals surface area contributed by atoms with Crippen molar-refractivity contribution < 1.29 is 63.2 Å². The predicted octanol–water partition coefficient (Wildman–Crippen LogP) is 5.52. The highest BCUT2D eigenvalue weighted by molar-refractivity contribution is 5.75. The van der Waals surface area contributed by atoms with Gasteiger partial charge in [-0.05, 0) is 17.7 Å². The number of carbonyl (C=O) groups excluding carboxylic acids is 1. The summed E-state index contributed by atoms with van der Waals surface area (Å²) in [6.45, 7) is -3.46. The van der Waals surface area contributed by atoms with Crippen LogP contribution in [0.3, 0.4) is 0 Å². The van der Waals surface area contributed by atoms with Gasteiger partial charge in [-0.1, -0.05) is 12.1 Å². The van der Waals surface area contributed by atoms with E-state index in [0.717, 1.165) is 24.3 Å². The second-order valence-corrected chi connectivity index (χ2v) is 6.01. The van der Waals surface area contributed by atoms with E-state index in [1.165, 1.54) is 0 Å². The fraction of sp³-hybridized carbons (Fsp3) is 0.278. The van der Waals surface area contributed by atoms with Gasteiger partial charge in [-0.15, -0.1) is 0 Å². The molecule has 0 spiro atoms. The standard InChI is InChI=1S/C18H10F10O4/c19-12-10(6-30-16(29)18(26,27)28)13(20)15(22)11(14(12)21)7-32-31-5-8-1-3-9(4-2-8)17(23,24)25/h1-4H,5-7H2. The zero-order valence-electron chi connectivity index (χ0n) is 15.3. The number of hydrogen-bond acceptors (Lipinski definition) is 4. The minimum absolute atomic E-state index is 0.151. The number of benzene rings is 2. The van der Waals surface area contributed by atoms with Crippen LogP contribution in [-0.2, 0) is 45.3 Å². The summed E-state index contributed by atoms with van der Waals surface area (Å²) in [6.07, 6.45) is -10.1. The van der Waals surface area contributed by atoms with Gasteiger partial charge in [-0.3, -0.25) is 0 Å². The maximum atomic E-state index is 14.0. The van der Waals surface area contributed by atoms with Crippen LogP contribution in [0.15, 0.2) is 24.3 Å². The summed E-state index contributed by atoms with van der Waals surface area (Å²) in [7, 11) is 0. The average molecular weight is 480 g/mol. The Balaban J connectivity index is 2.02. The van der Waals surface area contributed by atoms with E-state index in [1.807, 2.05) is 0 Å². The van der Waals surface area contributed by atoms with Crippen LogP contribution in [0.5, 0.6) is 0 Å². The number of halogens is 10. The van der Waals surface area contributed by atoms with Crippen molar-refractivity contribution in [3.63, 3.8) is 0 Å². The van der Waals surface area contributed by atoms with Gasteiger partial charge in [0.15, 0.2) is 23.3 Å². The molecule has 0 amide bonds. The minimum atomic E-state index is -5.50. The molecule has 0 atom stereocenters. The molecule has 4 nitrogen and oxygen atoms in total. The second-order valence-electron chi connectivity index (χ2n) is 6.01. The lowest BCUT2D eigenvalue weighted by molar-refractivity contribution is -0.313. The first-order valence-electron chi connectivity index (χ1n) is 8.21. The number of hydrogen-bond donors (Lipinski definition) is 0. The SMILES string of the molecule is O=C(OCc1c(F)c(F)c(COOCc2ccc(C(F)(F)F)cc2)c(F)c1F)C(F)(F)F. The van der Waals surface area contributed by atoms with E-state index >= 15 is 0 Å². The molecule has 0 saturated heterocycles. The molecule has 2 aromatic rings. The van der Waals surface area contributed by atoms with Crippen LogP contribution in [0.4, 0.5) is 43.9 Å². The zero-order valence-corrected chi connectivity index (χ0v) is 15.3. The van der Waals surface area contributed by atoms with Gasteiger partial charge < -0.3 is 4.74 Å². The van der Waals surface area contributed by atoms with Crippen molar-refractivity contribution in [1.82, 2.24) is 0 Å². The lowest BCUT2D eigenvalue weighted by Gasteiger charge is -2.13. The van der Waals surface area contributed by atoms with E-state index in [4.69, 9.17) is 0 Å². The smallest absolute Gasteiger partial charge is 0.454 e. The molecule has 0 aliphatic heterocycles. The summed E-state index contributed by atoms with van der Waals surface area (Å²) in [5.41, 5.74) is -3.73. The van der Waals surface area contributed by atoms with Gasteiger partial charge in [0.25, 0.3) is 0 Å². The summed E-state index contributed by atoms with van der Waals surface area (Å²) >= 11 is 0. The molecule has 176 valence electrons. The second kappa shape index (κ2) is 9.73. The zero-order chi connectivity index (χ0) is 24.3. The van der Waals surface area contributed by atoms with E-state index < -0.39 is 78.1 Å². The van der Waals surface area contributed by atoms with Crippen molar-refractivity contribution in [3.05, 3.63) is 69.8 Å². The van der Waals surface area contributed by atoms with Crippen LogP contribution in [0.1, 0.15) is 22.3 Å². The first kappa shape index (κ1) is 25.4. The van der Waals surface area contributed by atoms with Crippen LogP contribution in [-0.4, -0.2) is 12.1 Å². The lowest BCUT2D eigenvalue weighted by Crippen LogP contribution is -2.25. The quantitative estimate of drug-likeness (QED) is 0.131. The fourth-order valence-electron chi connectivity index (χ4n) is 2.20. The third-order valence-electron chi connectivity index (χ3n) is 3.82. The summed E-state index contributed by atoms with van der Waals surface area (Å²) in [6, 6.07) is 3.49. The van der Waals surface area contributed by atoms with E-state index in [0.29, 0.717) is 0 Å². The molecular weight excluding hydrogens is 470 g/mol. The number of esters is 1. The topological polar surface area (TPSA) is 44.8 Å². The fourth-order valence-corrected chi connectivity index (χ4v) is 2.20. The molecule has 2 rings (SSSR count). The molecule has 32 heavy (non-hydrogen) atoms. The van der Waals surface area contributed by atoms with E-state index in [-0.39, 0.29) is 5.56 Å². The van der Waals surface area contributed by atoms with E-state index in [9.17, 15) is 48.7 Å². The van der Waals surface area contributed by atoms with Gasteiger partial charge in [0.1, 0.15) is 19.8 Å². The monoisotopic (exact) mass is 480 g/mol. The van der Waals surface area contributed by atoms with Crippen LogP contribution >= 0.6 is 0 Å². The number of ether oxygens (including phenoxy) is 1. The Kier molecular flexibility index (Phi) is 7.72. The van der Waals surface area contributed by atoms with E-state index in [2.05, 4.69) is 14.5 Å². The maximum absolute atomic E-state index is 14.0. The first-order valence-corrected chi connectivity index (χ1v) is 8.21. The van der Waals surface area contributed by atoms with Gasteiger partial charge in [0.2, 0.25) is 0 Å². The predicted molar refractivity (Wildman–Crippen MR) is 83.1 cm³/mol. The molecule has 0 N–H and O–H groups in total. The van der Waals surface area contributed by atoms with Crippen molar-refractivity contribution in [2.75, 3.05) is 0 Å². The molecule has 0 saturated carbocycles. The molecule has 0 fully saturated rings. The number of carbonyl (C=O) groups is 1. The van der Waals surface area contributed by atoms with Crippen molar-refractivity contribution in [2.45, 2.75) is 32.2 Å². The van der Waals surface area contributed by atoms with Gasteiger partial charge >= 0.3 is 18.3 Å². The molecular formula is C18H10F10O4. The number of alkyl halides is 6. The summed E-state index contributed by atoms with van der Waals surface area (Å²) < 4.78 is 133. The van der Waals surface area contributed by atoms with Crippen LogP contribution in [0, 0.1) is 23.3 Å².